The summed E-state index contributed by atoms with van der Waals surface area (Å²) < 4.78 is 6.08. The molecule has 0 saturated carbocycles. The van der Waals surface area contributed by atoms with Crippen LogP contribution in [0, 0.1) is 13.8 Å². The Kier molecular flexibility index (Phi) is 3.98. The number of hydrogen-bond acceptors (Lipinski definition) is 4. The zero-order chi connectivity index (χ0) is 15.7. The van der Waals surface area contributed by atoms with E-state index in [4.69, 9.17) is 15.5 Å². The topological polar surface area (TPSA) is 64.7 Å². The van der Waals surface area contributed by atoms with Crippen molar-refractivity contribution in [2.24, 2.45) is 10.7 Å². The molecule has 1 aliphatic rings. The van der Waals surface area contributed by atoms with Crippen molar-refractivity contribution in [2.75, 3.05) is 0 Å². The zero-order valence-electron chi connectivity index (χ0n) is 13.1. The van der Waals surface area contributed by atoms with Crippen molar-refractivity contribution in [3.63, 3.8) is 0 Å². The fraction of sp³-hybridized carbons (Fsp3) is 0.294. The molecule has 0 fully saturated rings. The third-order valence-corrected chi connectivity index (χ3v) is 3.54. The first-order valence-electron chi connectivity index (χ1n) is 6.83. The van der Waals surface area contributed by atoms with Gasteiger partial charge in [0, 0.05) is 5.57 Å². The molecule has 1 aromatic carbocycles. The Bertz CT molecular complexity index is 706. The first-order valence-corrected chi connectivity index (χ1v) is 6.83. The lowest BCUT2D eigenvalue weighted by molar-refractivity contribution is -0.105. The number of carbonyl (C=O) groups is 1. The van der Waals surface area contributed by atoms with Gasteiger partial charge in [0.05, 0.1) is 5.70 Å². The van der Waals surface area contributed by atoms with E-state index in [0.29, 0.717) is 23.3 Å². The summed E-state index contributed by atoms with van der Waals surface area (Å²) >= 11 is 0. The average Bonchev–Trinajstić information content (AvgIpc) is 2.48. The maximum atomic E-state index is 10.9. The molecule has 2 rings (SSSR count). The van der Waals surface area contributed by atoms with Gasteiger partial charge in [-0.15, -0.1) is 0 Å². The van der Waals surface area contributed by atoms with E-state index in [2.05, 4.69) is 0 Å². The number of allylic oxidation sites excluding steroid dienone is 3. The van der Waals surface area contributed by atoms with Crippen molar-refractivity contribution in [3.05, 3.63) is 45.9 Å². The Hall–Kier alpha value is -2.36. The van der Waals surface area contributed by atoms with Crippen LogP contribution in [0.15, 0.2) is 39.7 Å². The molecule has 0 atom stereocenters. The van der Waals surface area contributed by atoms with Crippen molar-refractivity contribution >= 4 is 17.7 Å². The number of aryl methyl sites for hydroxylation is 2. The number of ether oxygens (including phenoxy) is 1. The van der Waals surface area contributed by atoms with E-state index >= 15 is 0 Å². The van der Waals surface area contributed by atoms with Gasteiger partial charge in [0.25, 0.3) is 0 Å². The highest BCUT2D eigenvalue weighted by Crippen LogP contribution is 2.41. The quantitative estimate of drug-likeness (QED) is 0.667. The first-order chi connectivity index (χ1) is 9.86. The molecule has 0 unspecified atom stereocenters. The van der Waals surface area contributed by atoms with Gasteiger partial charge in [-0.3, -0.25) is 4.79 Å². The summed E-state index contributed by atoms with van der Waals surface area (Å²) in [6.07, 6.45) is 0.638. The molecule has 0 bridgehead atoms. The van der Waals surface area contributed by atoms with Gasteiger partial charge in [-0.05, 0) is 51.3 Å². The number of aldehydes is 1. The Balaban J connectivity index is 2.77. The van der Waals surface area contributed by atoms with Crippen LogP contribution in [0.4, 0.5) is 5.69 Å². The molecule has 0 aromatic heterocycles. The summed E-state index contributed by atoms with van der Waals surface area (Å²) in [6, 6.07) is 4.02. The lowest BCUT2D eigenvalue weighted by Gasteiger charge is -2.24. The molecular weight excluding hydrogens is 264 g/mol. The minimum absolute atomic E-state index is 0.171. The largest absolute Gasteiger partial charge is 0.453 e. The Morgan fingerprint density at radius 3 is 2.38 bits per heavy atom. The fourth-order valence-corrected chi connectivity index (χ4v) is 2.17. The van der Waals surface area contributed by atoms with Crippen LogP contribution in [-0.2, 0) is 4.79 Å². The standard InChI is InChI=1S/C17H20N2O2/c1-9(2)16-15(12(5)13(18)8-20)19-14-10(3)6-7-11(4)17(14)21-16/h6-8H,18H2,1-5H3/b13-12+. The number of aliphatic imine (C=N–C) groups is 1. The molecule has 0 amide bonds. The number of nitrogens with zero attached hydrogens (tertiary/aromatic N) is 1. The number of carbonyl (C=O) groups excluding carboxylic acids is 1. The van der Waals surface area contributed by atoms with E-state index in [1.165, 1.54) is 0 Å². The Labute approximate surface area is 125 Å². The number of hydrogen-bond donors (Lipinski definition) is 1. The van der Waals surface area contributed by atoms with Gasteiger partial charge in [-0.1, -0.05) is 12.1 Å². The molecule has 0 aliphatic carbocycles. The first kappa shape index (κ1) is 15.0. The monoisotopic (exact) mass is 284 g/mol. The van der Waals surface area contributed by atoms with Gasteiger partial charge in [0.1, 0.15) is 11.4 Å². The molecule has 1 aliphatic heterocycles. The molecule has 0 spiro atoms. The maximum absolute atomic E-state index is 10.9. The smallest absolute Gasteiger partial charge is 0.166 e. The van der Waals surface area contributed by atoms with Crippen LogP contribution >= 0.6 is 0 Å². The maximum Gasteiger partial charge on any atom is 0.166 e. The fourth-order valence-electron chi connectivity index (χ4n) is 2.17. The van der Waals surface area contributed by atoms with E-state index in [9.17, 15) is 4.79 Å². The summed E-state index contributed by atoms with van der Waals surface area (Å²) in [5.41, 5.74) is 11.0. The second kappa shape index (κ2) is 5.56. The Morgan fingerprint density at radius 1 is 1.19 bits per heavy atom. The van der Waals surface area contributed by atoms with Crippen LogP contribution in [-0.4, -0.2) is 12.0 Å². The van der Waals surface area contributed by atoms with Crippen LogP contribution in [0.1, 0.15) is 31.9 Å². The molecule has 4 heteroatoms. The summed E-state index contributed by atoms with van der Waals surface area (Å²) in [4.78, 5) is 15.7. The molecule has 0 radical (unpaired) electrons. The second-order valence-electron chi connectivity index (χ2n) is 5.47. The van der Waals surface area contributed by atoms with Crippen molar-refractivity contribution in [3.8, 4) is 5.75 Å². The van der Waals surface area contributed by atoms with Crippen molar-refractivity contribution in [1.29, 1.82) is 0 Å². The van der Waals surface area contributed by atoms with E-state index in [-0.39, 0.29) is 5.70 Å². The van der Waals surface area contributed by atoms with E-state index in [1.807, 2.05) is 39.8 Å². The third-order valence-electron chi connectivity index (χ3n) is 3.54. The minimum Gasteiger partial charge on any atom is -0.453 e. The highest BCUT2D eigenvalue weighted by Gasteiger charge is 2.24. The minimum atomic E-state index is 0.171. The number of nitrogens with two attached hydrogens (primary N) is 1. The van der Waals surface area contributed by atoms with E-state index in [1.54, 1.807) is 6.92 Å². The molecular formula is C17H20N2O2. The summed E-state index contributed by atoms with van der Waals surface area (Å²) in [6.45, 7) is 9.66. The van der Waals surface area contributed by atoms with Gasteiger partial charge >= 0.3 is 0 Å². The molecule has 1 aromatic rings. The van der Waals surface area contributed by atoms with Gasteiger partial charge in [-0.25, -0.2) is 4.99 Å². The van der Waals surface area contributed by atoms with Crippen molar-refractivity contribution in [1.82, 2.24) is 0 Å². The van der Waals surface area contributed by atoms with Gasteiger partial charge in [0.2, 0.25) is 0 Å². The van der Waals surface area contributed by atoms with Crippen LogP contribution in [0.5, 0.6) is 5.75 Å². The lowest BCUT2D eigenvalue weighted by atomic mass is 10.0. The number of benzene rings is 1. The highest BCUT2D eigenvalue weighted by molar-refractivity contribution is 6.15. The molecule has 110 valence electrons. The molecule has 4 nitrogen and oxygen atoms in total. The third kappa shape index (κ3) is 2.61. The van der Waals surface area contributed by atoms with Gasteiger partial charge in [0.15, 0.2) is 17.8 Å². The second-order valence-corrected chi connectivity index (χ2v) is 5.47. The molecule has 21 heavy (non-hydrogen) atoms. The predicted octanol–water partition coefficient (Wildman–Crippen LogP) is 3.49. The van der Waals surface area contributed by atoms with Gasteiger partial charge in [-0.2, -0.15) is 0 Å². The summed E-state index contributed by atoms with van der Waals surface area (Å²) in [7, 11) is 0. The van der Waals surface area contributed by atoms with Crippen molar-refractivity contribution in [2.45, 2.75) is 34.6 Å². The van der Waals surface area contributed by atoms with Crippen molar-refractivity contribution < 1.29 is 9.53 Å². The highest BCUT2D eigenvalue weighted by atomic mass is 16.5. The molecule has 0 saturated heterocycles. The van der Waals surface area contributed by atoms with E-state index in [0.717, 1.165) is 28.1 Å². The SMILES string of the molecule is CC(C)=C1Oc2c(C)ccc(C)c2N=C1/C(C)=C(/N)C=O. The van der Waals surface area contributed by atoms with Crippen LogP contribution in [0.3, 0.4) is 0 Å². The molecule has 1 heterocycles. The van der Waals surface area contributed by atoms with Gasteiger partial charge < -0.3 is 10.5 Å². The van der Waals surface area contributed by atoms with Crippen LogP contribution in [0.2, 0.25) is 0 Å². The van der Waals surface area contributed by atoms with E-state index < -0.39 is 0 Å². The predicted molar refractivity (Wildman–Crippen MR) is 85.0 cm³/mol. The van der Waals surface area contributed by atoms with Crippen LogP contribution in [0.25, 0.3) is 0 Å². The number of rotatable bonds is 2. The Morgan fingerprint density at radius 2 is 1.81 bits per heavy atom. The zero-order valence-corrected chi connectivity index (χ0v) is 13.1. The normalized spacial score (nSPS) is 14.7. The lowest BCUT2D eigenvalue weighted by Crippen LogP contribution is -2.20. The average molecular weight is 284 g/mol. The number of fused-ring (bicyclic) bond motifs is 1. The summed E-state index contributed by atoms with van der Waals surface area (Å²) in [5, 5.41) is 0. The summed E-state index contributed by atoms with van der Waals surface area (Å²) in [5.74, 6) is 1.44. The van der Waals surface area contributed by atoms with Crippen LogP contribution < -0.4 is 10.5 Å². The molecule has 2 N–H and O–H groups in total.